The fraction of sp³-hybridized carbons (Fsp3) is 0.375. The lowest BCUT2D eigenvalue weighted by atomic mass is 10.1. The lowest BCUT2D eigenvalue weighted by molar-refractivity contribution is 0.0723. The summed E-state index contributed by atoms with van der Waals surface area (Å²) in [5.74, 6) is 0.107. The van der Waals surface area contributed by atoms with Gasteiger partial charge in [-0.25, -0.2) is 4.68 Å². The van der Waals surface area contributed by atoms with Crippen LogP contribution in [0.25, 0.3) is 5.69 Å². The molecular formula is C16H18BrN3O. The standard InChI is InChI=1S/C16H18BrN3O/c1-12-15(16(21)19-9-3-2-4-10-19)11-18-20(12)14-7-5-13(17)6-8-14/h5-8,11H,2-4,9-10H2,1H3. The third-order valence-electron chi connectivity index (χ3n) is 3.95. The molecule has 1 fully saturated rings. The smallest absolute Gasteiger partial charge is 0.257 e. The van der Waals surface area contributed by atoms with Crippen molar-refractivity contribution in [3.8, 4) is 5.69 Å². The lowest BCUT2D eigenvalue weighted by Crippen LogP contribution is -2.35. The minimum Gasteiger partial charge on any atom is -0.339 e. The number of aromatic nitrogens is 2. The second kappa shape index (κ2) is 6.02. The summed E-state index contributed by atoms with van der Waals surface area (Å²) in [6, 6.07) is 7.92. The number of carbonyl (C=O) groups is 1. The summed E-state index contributed by atoms with van der Waals surface area (Å²) < 4.78 is 2.85. The van der Waals surface area contributed by atoms with Crippen LogP contribution in [-0.4, -0.2) is 33.7 Å². The third-order valence-corrected chi connectivity index (χ3v) is 4.48. The van der Waals surface area contributed by atoms with Gasteiger partial charge in [0, 0.05) is 17.6 Å². The zero-order chi connectivity index (χ0) is 14.8. The molecule has 2 heterocycles. The third kappa shape index (κ3) is 2.88. The van der Waals surface area contributed by atoms with Crippen molar-refractivity contribution in [2.24, 2.45) is 0 Å². The molecule has 1 saturated heterocycles. The molecule has 21 heavy (non-hydrogen) atoms. The number of hydrogen-bond acceptors (Lipinski definition) is 2. The van der Waals surface area contributed by atoms with E-state index in [2.05, 4.69) is 21.0 Å². The van der Waals surface area contributed by atoms with E-state index in [1.54, 1.807) is 6.20 Å². The van der Waals surface area contributed by atoms with Crippen molar-refractivity contribution in [2.45, 2.75) is 26.2 Å². The van der Waals surface area contributed by atoms with Crippen molar-refractivity contribution in [2.75, 3.05) is 13.1 Å². The average molecular weight is 348 g/mol. The van der Waals surface area contributed by atoms with E-state index in [4.69, 9.17) is 0 Å². The van der Waals surface area contributed by atoms with E-state index in [1.807, 2.05) is 40.8 Å². The number of amides is 1. The number of likely N-dealkylation sites (tertiary alicyclic amines) is 1. The van der Waals surface area contributed by atoms with Gasteiger partial charge in [-0.05, 0) is 50.5 Å². The lowest BCUT2D eigenvalue weighted by Gasteiger charge is -2.26. The van der Waals surface area contributed by atoms with Crippen LogP contribution in [0.1, 0.15) is 35.3 Å². The molecule has 0 spiro atoms. The van der Waals surface area contributed by atoms with Crippen molar-refractivity contribution in [1.82, 2.24) is 14.7 Å². The van der Waals surface area contributed by atoms with Crippen LogP contribution in [0, 0.1) is 6.92 Å². The number of carbonyl (C=O) groups excluding carboxylic acids is 1. The minimum absolute atomic E-state index is 0.107. The number of hydrogen-bond donors (Lipinski definition) is 0. The SMILES string of the molecule is Cc1c(C(=O)N2CCCCC2)cnn1-c1ccc(Br)cc1. The largest absolute Gasteiger partial charge is 0.339 e. The molecule has 1 amide bonds. The van der Waals surface area contributed by atoms with Crippen molar-refractivity contribution < 1.29 is 4.79 Å². The number of piperidine rings is 1. The highest BCUT2D eigenvalue weighted by molar-refractivity contribution is 9.10. The summed E-state index contributed by atoms with van der Waals surface area (Å²) in [5, 5.41) is 4.39. The summed E-state index contributed by atoms with van der Waals surface area (Å²) in [6.07, 6.45) is 5.12. The van der Waals surface area contributed by atoms with Crippen LogP contribution in [0.2, 0.25) is 0 Å². The van der Waals surface area contributed by atoms with Crippen LogP contribution in [0.5, 0.6) is 0 Å². The minimum atomic E-state index is 0.107. The van der Waals surface area contributed by atoms with Crippen LogP contribution in [0.4, 0.5) is 0 Å². The number of benzene rings is 1. The van der Waals surface area contributed by atoms with Crippen LogP contribution < -0.4 is 0 Å². The fourth-order valence-corrected chi connectivity index (χ4v) is 2.99. The summed E-state index contributed by atoms with van der Waals surface area (Å²) >= 11 is 3.43. The van der Waals surface area contributed by atoms with Crippen LogP contribution in [0.3, 0.4) is 0 Å². The van der Waals surface area contributed by atoms with Gasteiger partial charge in [-0.3, -0.25) is 4.79 Å². The molecule has 3 rings (SSSR count). The van der Waals surface area contributed by atoms with E-state index in [1.165, 1.54) is 6.42 Å². The van der Waals surface area contributed by atoms with Gasteiger partial charge in [0.1, 0.15) is 0 Å². The van der Waals surface area contributed by atoms with Crippen molar-refractivity contribution in [3.63, 3.8) is 0 Å². The molecule has 0 bridgehead atoms. The second-order valence-corrected chi connectivity index (χ2v) is 6.30. The van der Waals surface area contributed by atoms with Crippen molar-refractivity contribution in [1.29, 1.82) is 0 Å². The molecule has 0 unspecified atom stereocenters. The maximum atomic E-state index is 12.6. The fourth-order valence-electron chi connectivity index (χ4n) is 2.73. The zero-order valence-corrected chi connectivity index (χ0v) is 13.6. The molecule has 0 radical (unpaired) electrons. The number of halogens is 1. The van der Waals surface area contributed by atoms with E-state index < -0.39 is 0 Å². The molecule has 5 heteroatoms. The predicted octanol–water partition coefficient (Wildman–Crippen LogP) is 3.57. The Morgan fingerprint density at radius 1 is 1.14 bits per heavy atom. The van der Waals surface area contributed by atoms with Gasteiger partial charge in [0.2, 0.25) is 0 Å². The topological polar surface area (TPSA) is 38.1 Å². The van der Waals surface area contributed by atoms with Crippen LogP contribution in [0.15, 0.2) is 34.9 Å². The Hall–Kier alpha value is -1.62. The average Bonchev–Trinajstić information content (AvgIpc) is 2.90. The van der Waals surface area contributed by atoms with Gasteiger partial charge in [-0.1, -0.05) is 15.9 Å². The molecule has 110 valence electrons. The van der Waals surface area contributed by atoms with Gasteiger partial charge in [-0.15, -0.1) is 0 Å². The Kier molecular flexibility index (Phi) is 4.10. The first-order chi connectivity index (χ1) is 10.2. The Morgan fingerprint density at radius 2 is 1.81 bits per heavy atom. The first kappa shape index (κ1) is 14.3. The predicted molar refractivity (Wildman–Crippen MR) is 85.8 cm³/mol. The Labute approximate surface area is 132 Å². The van der Waals surface area contributed by atoms with Crippen molar-refractivity contribution in [3.05, 3.63) is 46.2 Å². The Bertz CT molecular complexity index is 642. The molecule has 0 N–H and O–H groups in total. The summed E-state index contributed by atoms with van der Waals surface area (Å²) in [7, 11) is 0. The second-order valence-electron chi connectivity index (χ2n) is 5.38. The van der Waals surface area contributed by atoms with Gasteiger partial charge in [0.05, 0.1) is 23.1 Å². The van der Waals surface area contributed by atoms with E-state index in [9.17, 15) is 4.79 Å². The van der Waals surface area contributed by atoms with Gasteiger partial charge in [0.25, 0.3) is 5.91 Å². The highest BCUT2D eigenvalue weighted by atomic mass is 79.9. The van der Waals surface area contributed by atoms with E-state index in [0.29, 0.717) is 5.56 Å². The number of rotatable bonds is 2. The normalized spacial score (nSPS) is 15.2. The monoisotopic (exact) mass is 347 g/mol. The molecule has 0 aliphatic carbocycles. The maximum Gasteiger partial charge on any atom is 0.257 e. The summed E-state index contributed by atoms with van der Waals surface area (Å²) in [4.78, 5) is 14.5. The van der Waals surface area contributed by atoms with E-state index in [0.717, 1.165) is 41.8 Å². The first-order valence-corrected chi connectivity index (χ1v) is 8.06. The molecule has 1 aliphatic rings. The van der Waals surface area contributed by atoms with Crippen molar-refractivity contribution >= 4 is 21.8 Å². The van der Waals surface area contributed by atoms with E-state index >= 15 is 0 Å². The molecule has 0 saturated carbocycles. The van der Waals surface area contributed by atoms with E-state index in [-0.39, 0.29) is 5.91 Å². The van der Waals surface area contributed by atoms with Gasteiger partial charge in [-0.2, -0.15) is 5.10 Å². The summed E-state index contributed by atoms with van der Waals surface area (Å²) in [6.45, 7) is 3.68. The molecular weight excluding hydrogens is 330 g/mol. The summed E-state index contributed by atoms with van der Waals surface area (Å²) in [5.41, 5.74) is 2.57. The highest BCUT2D eigenvalue weighted by Gasteiger charge is 2.22. The highest BCUT2D eigenvalue weighted by Crippen LogP contribution is 2.19. The first-order valence-electron chi connectivity index (χ1n) is 7.26. The quantitative estimate of drug-likeness (QED) is 0.832. The molecule has 1 aromatic carbocycles. The van der Waals surface area contributed by atoms with Crippen LogP contribution >= 0.6 is 15.9 Å². The van der Waals surface area contributed by atoms with Gasteiger partial charge < -0.3 is 4.90 Å². The van der Waals surface area contributed by atoms with Gasteiger partial charge >= 0.3 is 0 Å². The maximum absolute atomic E-state index is 12.6. The molecule has 2 aromatic rings. The molecule has 1 aliphatic heterocycles. The zero-order valence-electron chi connectivity index (χ0n) is 12.1. The van der Waals surface area contributed by atoms with Crippen LogP contribution in [-0.2, 0) is 0 Å². The molecule has 4 nitrogen and oxygen atoms in total. The molecule has 1 aromatic heterocycles. The molecule has 0 atom stereocenters. The Balaban J connectivity index is 1.88. The number of nitrogens with zero attached hydrogens (tertiary/aromatic N) is 3. The van der Waals surface area contributed by atoms with Gasteiger partial charge in [0.15, 0.2) is 0 Å². The Morgan fingerprint density at radius 3 is 2.48 bits per heavy atom.